The van der Waals surface area contributed by atoms with Gasteiger partial charge in [0, 0.05) is 18.6 Å². The molecule has 1 saturated carbocycles. The highest BCUT2D eigenvalue weighted by atomic mass is 32.2. The molecule has 1 heterocycles. The van der Waals surface area contributed by atoms with Gasteiger partial charge >= 0.3 is 0 Å². The largest absolute Gasteiger partial charge is 0.396 e. The number of aromatic nitrogens is 1. The van der Waals surface area contributed by atoms with Crippen LogP contribution >= 0.6 is 11.3 Å². The molecule has 0 amide bonds. The Bertz CT molecular complexity index is 477. The van der Waals surface area contributed by atoms with Crippen LogP contribution in [-0.2, 0) is 10.0 Å². The van der Waals surface area contributed by atoms with Gasteiger partial charge in [-0.25, -0.2) is 18.1 Å². The minimum atomic E-state index is -3.45. The molecule has 0 aliphatic heterocycles. The Morgan fingerprint density at radius 3 is 2.75 bits per heavy atom. The van der Waals surface area contributed by atoms with Crippen LogP contribution in [0.25, 0.3) is 0 Å². The van der Waals surface area contributed by atoms with Gasteiger partial charge in [0.15, 0.2) is 4.21 Å². The highest BCUT2D eigenvalue weighted by Gasteiger charge is 2.42. The standard InChI is InChI=1S/C9H14N2O3S2/c1-7-10-4-8(15-7)16(13,14)11-5-9(6-12)2-3-9/h4,11-12H,2-3,5-6H2,1H3. The van der Waals surface area contributed by atoms with Gasteiger partial charge < -0.3 is 5.11 Å². The second-order valence-electron chi connectivity index (χ2n) is 4.18. The summed E-state index contributed by atoms with van der Waals surface area (Å²) >= 11 is 1.15. The summed E-state index contributed by atoms with van der Waals surface area (Å²) in [5, 5.41) is 9.81. The van der Waals surface area contributed by atoms with Crippen LogP contribution in [0.4, 0.5) is 0 Å². The quantitative estimate of drug-likeness (QED) is 0.810. The molecule has 0 unspecified atom stereocenters. The van der Waals surface area contributed by atoms with Crippen LogP contribution in [0.1, 0.15) is 17.8 Å². The number of nitrogens with one attached hydrogen (secondary N) is 1. The topological polar surface area (TPSA) is 79.3 Å². The van der Waals surface area contributed by atoms with Crippen molar-refractivity contribution in [1.82, 2.24) is 9.71 Å². The van der Waals surface area contributed by atoms with E-state index in [2.05, 4.69) is 9.71 Å². The Morgan fingerprint density at radius 1 is 1.62 bits per heavy atom. The van der Waals surface area contributed by atoms with E-state index in [9.17, 15) is 8.42 Å². The van der Waals surface area contributed by atoms with Gasteiger partial charge in [0.05, 0.1) is 11.2 Å². The van der Waals surface area contributed by atoms with E-state index in [0.29, 0.717) is 6.54 Å². The zero-order valence-electron chi connectivity index (χ0n) is 8.93. The third-order valence-corrected chi connectivity index (χ3v) is 5.57. The van der Waals surface area contributed by atoms with Crippen molar-refractivity contribution in [3.63, 3.8) is 0 Å². The summed E-state index contributed by atoms with van der Waals surface area (Å²) in [5.74, 6) is 0. The van der Waals surface area contributed by atoms with Crippen molar-refractivity contribution in [3.05, 3.63) is 11.2 Å². The average molecular weight is 262 g/mol. The Hall–Kier alpha value is -0.500. The number of aryl methyl sites for hydroxylation is 1. The van der Waals surface area contributed by atoms with Crippen LogP contribution in [0.2, 0.25) is 0 Å². The van der Waals surface area contributed by atoms with Gasteiger partial charge in [-0.2, -0.15) is 0 Å². The summed E-state index contributed by atoms with van der Waals surface area (Å²) in [6.07, 6.45) is 3.13. The van der Waals surface area contributed by atoms with E-state index in [-0.39, 0.29) is 16.2 Å². The zero-order chi connectivity index (χ0) is 11.8. The molecule has 1 fully saturated rings. The number of hydrogen-bond donors (Lipinski definition) is 2. The van der Waals surface area contributed by atoms with Gasteiger partial charge in [-0.15, -0.1) is 11.3 Å². The van der Waals surface area contributed by atoms with Gasteiger partial charge in [0.2, 0.25) is 0 Å². The van der Waals surface area contributed by atoms with Crippen LogP contribution in [-0.4, -0.2) is 31.7 Å². The normalized spacial score (nSPS) is 18.6. The monoisotopic (exact) mass is 262 g/mol. The number of sulfonamides is 1. The Morgan fingerprint density at radius 2 is 2.31 bits per heavy atom. The molecule has 7 heteroatoms. The third kappa shape index (κ3) is 2.42. The van der Waals surface area contributed by atoms with Crippen molar-refractivity contribution in [1.29, 1.82) is 0 Å². The van der Waals surface area contributed by atoms with Crippen LogP contribution in [0.5, 0.6) is 0 Å². The summed E-state index contributed by atoms with van der Waals surface area (Å²) in [6.45, 7) is 2.11. The lowest BCUT2D eigenvalue weighted by Gasteiger charge is -2.11. The summed E-state index contributed by atoms with van der Waals surface area (Å²) in [7, 11) is -3.45. The van der Waals surface area contributed by atoms with Crippen LogP contribution in [0.3, 0.4) is 0 Å². The first-order valence-electron chi connectivity index (χ1n) is 5.00. The molecule has 2 N–H and O–H groups in total. The maximum absolute atomic E-state index is 11.8. The molecule has 0 saturated heterocycles. The molecule has 0 spiro atoms. The van der Waals surface area contributed by atoms with E-state index in [1.165, 1.54) is 6.20 Å². The van der Waals surface area contributed by atoms with Crippen molar-refractivity contribution in [2.45, 2.75) is 24.0 Å². The molecule has 0 atom stereocenters. The molecule has 1 aromatic rings. The minimum absolute atomic E-state index is 0.0389. The molecule has 90 valence electrons. The smallest absolute Gasteiger partial charge is 0.251 e. The van der Waals surface area contributed by atoms with Crippen molar-refractivity contribution in [2.75, 3.05) is 13.2 Å². The highest BCUT2D eigenvalue weighted by molar-refractivity contribution is 7.91. The van der Waals surface area contributed by atoms with Crippen LogP contribution in [0.15, 0.2) is 10.4 Å². The molecule has 0 radical (unpaired) electrons. The van der Waals surface area contributed by atoms with Gasteiger partial charge in [0.25, 0.3) is 10.0 Å². The van der Waals surface area contributed by atoms with Crippen molar-refractivity contribution < 1.29 is 13.5 Å². The fraction of sp³-hybridized carbons (Fsp3) is 0.667. The van der Waals surface area contributed by atoms with E-state index in [1.54, 1.807) is 6.92 Å². The lowest BCUT2D eigenvalue weighted by molar-refractivity contribution is 0.213. The van der Waals surface area contributed by atoms with Gasteiger partial charge in [-0.1, -0.05) is 0 Å². The van der Waals surface area contributed by atoms with E-state index in [0.717, 1.165) is 29.2 Å². The first-order valence-corrected chi connectivity index (χ1v) is 7.30. The fourth-order valence-corrected chi connectivity index (χ4v) is 3.66. The first kappa shape index (κ1) is 12.0. The van der Waals surface area contributed by atoms with Gasteiger partial charge in [0.1, 0.15) is 0 Å². The van der Waals surface area contributed by atoms with E-state index >= 15 is 0 Å². The highest BCUT2D eigenvalue weighted by Crippen LogP contribution is 2.44. The molecular weight excluding hydrogens is 248 g/mol. The number of nitrogens with zero attached hydrogens (tertiary/aromatic N) is 1. The molecular formula is C9H14N2O3S2. The van der Waals surface area contributed by atoms with Crippen molar-refractivity contribution in [2.24, 2.45) is 5.41 Å². The molecule has 5 nitrogen and oxygen atoms in total. The Kier molecular flexibility index (Phi) is 3.04. The third-order valence-electron chi connectivity index (χ3n) is 2.79. The summed E-state index contributed by atoms with van der Waals surface area (Å²) < 4.78 is 26.4. The summed E-state index contributed by atoms with van der Waals surface area (Å²) in [4.78, 5) is 3.91. The zero-order valence-corrected chi connectivity index (χ0v) is 10.6. The maximum Gasteiger partial charge on any atom is 0.251 e. The second kappa shape index (κ2) is 4.06. The minimum Gasteiger partial charge on any atom is -0.396 e. The van der Waals surface area contributed by atoms with Crippen molar-refractivity contribution in [3.8, 4) is 0 Å². The molecule has 1 aliphatic carbocycles. The number of aliphatic hydroxyl groups excluding tert-OH is 1. The summed E-state index contributed by atoms with van der Waals surface area (Å²) in [5.41, 5.74) is -0.215. The van der Waals surface area contributed by atoms with Gasteiger partial charge in [-0.3, -0.25) is 0 Å². The number of hydrogen-bond acceptors (Lipinski definition) is 5. The van der Waals surface area contributed by atoms with Crippen molar-refractivity contribution >= 4 is 21.4 Å². The first-order chi connectivity index (χ1) is 7.47. The predicted molar refractivity (Wildman–Crippen MR) is 60.8 cm³/mol. The SMILES string of the molecule is Cc1ncc(S(=O)(=O)NCC2(CO)CC2)s1. The van der Waals surface area contributed by atoms with E-state index in [1.807, 2.05) is 0 Å². The Labute approximate surface area is 98.6 Å². The molecule has 0 bridgehead atoms. The van der Waals surface area contributed by atoms with E-state index in [4.69, 9.17) is 5.11 Å². The molecule has 16 heavy (non-hydrogen) atoms. The van der Waals surface area contributed by atoms with E-state index < -0.39 is 10.0 Å². The molecule has 1 aliphatic rings. The second-order valence-corrected chi connectivity index (χ2v) is 7.41. The molecule has 1 aromatic heterocycles. The average Bonchev–Trinajstić information content (AvgIpc) is 2.91. The molecule has 2 rings (SSSR count). The lowest BCUT2D eigenvalue weighted by Crippen LogP contribution is -2.31. The number of aliphatic hydroxyl groups is 1. The summed E-state index contributed by atoms with van der Waals surface area (Å²) in [6, 6.07) is 0. The number of thiazole rings is 1. The Balaban J connectivity index is 2.04. The molecule has 0 aromatic carbocycles. The number of rotatable bonds is 5. The van der Waals surface area contributed by atoms with Crippen LogP contribution < -0.4 is 4.72 Å². The fourth-order valence-electron chi connectivity index (χ4n) is 1.35. The maximum atomic E-state index is 11.8. The lowest BCUT2D eigenvalue weighted by atomic mass is 10.1. The predicted octanol–water partition coefficient (Wildman–Crippen LogP) is 0.502. The van der Waals surface area contributed by atoms with Gasteiger partial charge in [-0.05, 0) is 19.8 Å². The van der Waals surface area contributed by atoms with Crippen LogP contribution in [0, 0.1) is 12.3 Å².